The fraction of sp³-hybridized carbons (Fsp3) is 0.312. The van der Waals surface area contributed by atoms with Gasteiger partial charge in [-0.1, -0.05) is 49.2 Å². The van der Waals surface area contributed by atoms with Crippen LogP contribution in [0.15, 0.2) is 36.5 Å². The number of benzene rings is 1. The first-order chi connectivity index (χ1) is 10.0. The van der Waals surface area contributed by atoms with Crippen LogP contribution >= 0.6 is 23.2 Å². The van der Waals surface area contributed by atoms with Crippen molar-refractivity contribution in [2.45, 2.75) is 33.0 Å². The topological polar surface area (TPSA) is 34.2 Å². The maximum absolute atomic E-state index is 6.20. The zero-order valence-corrected chi connectivity index (χ0v) is 13.6. The quantitative estimate of drug-likeness (QED) is 0.851. The van der Waals surface area contributed by atoms with E-state index in [1.165, 1.54) is 0 Å². The molecular weight excluding hydrogens is 307 g/mol. The molecule has 0 amide bonds. The van der Waals surface area contributed by atoms with E-state index >= 15 is 0 Å². The lowest BCUT2D eigenvalue weighted by atomic mass is 10.2. The average molecular weight is 325 g/mol. The van der Waals surface area contributed by atoms with Crippen LogP contribution < -0.4 is 10.1 Å². The molecule has 2 aromatic rings. The molecule has 0 saturated heterocycles. The molecule has 0 radical (unpaired) electrons. The number of nitrogens with one attached hydrogen (secondary N) is 1. The summed E-state index contributed by atoms with van der Waals surface area (Å²) in [6.45, 7) is 5.34. The van der Waals surface area contributed by atoms with Crippen molar-refractivity contribution in [3.63, 3.8) is 0 Å². The van der Waals surface area contributed by atoms with Crippen molar-refractivity contribution in [3.05, 3.63) is 57.7 Å². The van der Waals surface area contributed by atoms with Gasteiger partial charge in [0.15, 0.2) is 0 Å². The van der Waals surface area contributed by atoms with Crippen LogP contribution in [-0.2, 0) is 13.2 Å². The largest absolute Gasteiger partial charge is 0.472 e. The van der Waals surface area contributed by atoms with Crippen LogP contribution in [0.5, 0.6) is 5.88 Å². The molecule has 0 saturated carbocycles. The van der Waals surface area contributed by atoms with Crippen molar-refractivity contribution in [2.24, 2.45) is 0 Å². The molecule has 1 heterocycles. The monoisotopic (exact) mass is 324 g/mol. The van der Waals surface area contributed by atoms with Gasteiger partial charge in [-0.25, -0.2) is 4.98 Å². The molecule has 1 aromatic heterocycles. The molecule has 2 rings (SSSR count). The Hall–Kier alpha value is -1.29. The number of nitrogens with zero attached hydrogens (tertiary/aromatic N) is 1. The summed E-state index contributed by atoms with van der Waals surface area (Å²) in [6, 6.07) is 9.78. The summed E-state index contributed by atoms with van der Waals surface area (Å²) >= 11 is 12.0. The molecule has 1 N–H and O–H groups in total. The van der Waals surface area contributed by atoms with Crippen LogP contribution in [-0.4, -0.2) is 11.0 Å². The summed E-state index contributed by atoms with van der Waals surface area (Å²) < 4.78 is 5.64. The molecule has 0 aliphatic rings. The summed E-state index contributed by atoms with van der Waals surface area (Å²) in [5, 5.41) is 4.55. The number of hydrogen-bond donors (Lipinski definition) is 1. The minimum Gasteiger partial charge on any atom is -0.472 e. The zero-order valence-electron chi connectivity index (χ0n) is 12.1. The molecule has 0 aliphatic heterocycles. The Balaban J connectivity index is 1.95. The molecule has 0 unspecified atom stereocenters. The lowest BCUT2D eigenvalue weighted by molar-refractivity contribution is 0.294. The smallest absolute Gasteiger partial charge is 0.232 e. The predicted molar refractivity (Wildman–Crippen MR) is 87.0 cm³/mol. The van der Waals surface area contributed by atoms with Crippen molar-refractivity contribution < 1.29 is 4.74 Å². The molecule has 3 nitrogen and oxygen atoms in total. The predicted octanol–water partition coefficient (Wildman–Crippen LogP) is 4.47. The first-order valence-corrected chi connectivity index (χ1v) is 7.55. The number of rotatable bonds is 6. The second kappa shape index (κ2) is 7.64. The summed E-state index contributed by atoms with van der Waals surface area (Å²) in [4.78, 5) is 4.27. The van der Waals surface area contributed by atoms with Gasteiger partial charge in [-0.05, 0) is 29.3 Å². The highest BCUT2D eigenvalue weighted by atomic mass is 35.5. The number of halogens is 2. The number of aromatic nitrogens is 1. The molecule has 0 spiro atoms. The normalized spacial score (nSPS) is 10.9. The lowest BCUT2D eigenvalue weighted by Crippen LogP contribution is -2.21. The van der Waals surface area contributed by atoms with Crippen molar-refractivity contribution in [3.8, 4) is 5.88 Å². The second-order valence-electron chi connectivity index (χ2n) is 5.08. The third-order valence-corrected chi connectivity index (χ3v) is 3.39. The van der Waals surface area contributed by atoms with Gasteiger partial charge in [0, 0.05) is 23.8 Å². The van der Waals surface area contributed by atoms with Crippen LogP contribution in [0, 0.1) is 0 Å². The fourth-order valence-corrected chi connectivity index (χ4v) is 2.09. The van der Waals surface area contributed by atoms with E-state index in [1.807, 2.05) is 30.3 Å². The maximum Gasteiger partial charge on any atom is 0.232 e. The molecule has 1 aromatic carbocycles. The summed E-state index contributed by atoms with van der Waals surface area (Å²) in [5.74, 6) is 0.444. The molecule has 0 atom stereocenters. The minimum atomic E-state index is 0.410. The Kier molecular flexibility index (Phi) is 5.85. The maximum atomic E-state index is 6.20. The lowest BCUT2D eigenvalue weighted by Gasteiger charge is -2.10. The van der Waals surface area contributed by atoms with E-state index in [0.29, 0.717) is 28.6 Å². The fourth-order valence-electron chi connectivity index (χ4n) is 1.72. The Bertz CT molecular complexity index is 585. The summed E-state index contributed by atoms with van der Waals surface area (Å²) in [7, 11) is 0. The van der Waals surface area contributed by atoms with Crippen LogP contribution in [0.2, 0.25) is 10.0 Å². The Morgan fingerprint density at radius 1 is 1.14 bits per heavy atom. The molecule has 0 aliphatic carbocycles. The van der Waals surface area contributed by atoms with Crippen molar-refractivity contribution in [2.75, 3.05) is 0 Å². The van der Waals surface area contributed by atoms with Crippen LogP contribution in [0.4, 0.5) is 0 Å². The van der Waals surface area contributed by atoms with E-state index in [-0.39, 0.29) is 0 Å². The molecule has 0 bridgehead atoms. The van der Waals surface area contributed by atoms with Gasteiger partial charge < -0.3 is 10.1 Å². The van der Waals surface area contributed by atoms with Gasteiger partial charge in [-0.3, -0.25) is 0 Å². The van der Waals surface area contributed by atoms with E-state index in [9.17, 15) is 0 Å². The Morgan fingerprint density at radius 3 is 2.48 bits per heavy atom. The zero-order chi connectivity index (χ0) is 15.2. The van der Waals surface area contributed by atoms with Crippen molar-refractivity contribution >= 4 is 23.2 Å². The first-order valence-electron chi connectivity index (χ1n) is 6.79. The van der Waals surface area contributed by atoms with Gasteiger partial charge in [-0.2, -0.15) is 0 Å². The standard InChI is InChI=1S/C16H18Cl2N2O/c1-11(2)19-8-13-7-15(18)16(20-9-13)21-10-12-3-5-14(17)6-4-12/h3-7,9,11,19H,8,10H2,1-2H3. The molecule has 112 valence electrons. The minimum absolute atomic E-state index is 0.410. The van der Waals surface area contributed by atoms with E-state index in [2.05, 4.69) is 24.1 Å². The van der Waals surface area contributed by atoms with E-state index in [4.69, 9.17) is 27.9 Å². The number of pyridine rings is 1. The van der Waals surface area contributed by atoms with Crippen molar-refractivity contribution in [1.29, 1.82) is 0 Å². The molecule has 0 fully saturated rings. The van der Waals surface area contributed by atoms with E-state index in [0.717, 1.165) is 17.7 Å². The third-order valence-electron chi connectivity index (χ3n) is 2.87. The van der Waals surface area contributed by atoms with Gasteiger partial charge in [-0.15, -0.1) is 0 Å². The van der Waals surface area contributed by atoms with E-state index in [1.54, 1.807) is 6.20 Å². The molecule has 5 heteroatoms. The van der Waals surface area contributed by atoms with E-state index < -0.39 is 0 Å². The van der Waals surface area contributed by atoms with Crippen LogP contribution in [0.25, 0.3) is 0 Å². The van der Waals surface area contributed by atoms with Crippen LogP contribution in [0.1, 0.15) is 25.0 Å². The number of ether oxygens (including phenoxy) is 1. The second-order valence-corrected chi connectivity index (χ2v) is 5.92. The highest BCUT2D eigenvalue weighted by molar-refractivity contribution is 6.31. The van der Waals surface area contributed by atoms with Gasteiger partial charge in [0.1, 0.15) is 11.6 Å². The van der Waals surface area contributed by atoms with Gasteiger partial charge in [0.25, 0.3) is 0 Å². The highest BCUT2D eigenvalue weighted by Crippen LogP contribution is 2.23. The number of hydrogen-bond acceptors (Lipinski definition) is 3. The van der Waals surface area contributed by atoms with Crippen molar-refractivity contribution in [1.82, 2.24) is 10.3 Å². The Labute approximate surface area is 135 Å². The third kappa shape index (κ3) is 5.20. The summed E-state index contributed by atoms with van der Waals surface area (Å²) in [6.07, 6.45) is 1.78. The molecular formula is C16H18Cl2N2O. The molecule has 21 heavy (non-hydrogen) atoms. The first kappa shape index (κ1) is 16.1. The average Bonchev–Trinajstić information content (AvgIpc) is 2.46. The van der Waals surface area contributed by atoms with Gasteiger partial charge >= 0.3 is 0 Å². The Morgan fingerprint density at radius 2 is 1.86 bits per heavy atom. The van der Waals surface area contributed by atoms with Gasteiger partial charge in [0.2, 0.25) is 5.88 Å². The van der Waals surface area contributed by atoms with Gasteiger partial charge in [0.05, 0.1) is 0 Å². The summed E-state index contributed by atoms with van der Waals surface area (Å²) in [5.41, 5.74) is 2.05. The SMILES string of the molecule is CC(C)NCc1cnc(OCc2ccc(Cl)cc2)c(Cl)c1. The van der Waals surface area contributed by atoms with Crippen LogP contribution in [0.3, 0.4) is 0 Å². The highest BCUT2D eigenvalue weighted by Gasteiger charge is 2.06.